The van der Waals surface area contributed by atoms with E-state index in [2.05, 4.69) is 11.6 Å². The molecule has 2 heterocycles. The minimum atomic E-state index is -0.756. The number of cyclic esters (lactones) is 1. The third-order valence-electron chi connectivity index (χ3n) is 5.57. The van der Waals surface area contributed by atoms with Gasteiger partial charge in [0.25, 0.3) is 5.91 Å². The number of piperidine rings is 1. The number of likely N-dealkylation sites (tertiary alicyclic amines) is 1. The van der Waals surface area contributed by atoms with Crippen molar-refractivity contribution in [3.63, 3.8) is 0 Å². The van der Waals surface area contributed by atoms with Crippen molar-refractivity contribution in [3.8, 4) is 11.5 Å². The standard InChI is InChI=1S/C25H31ClN2O6/c26-24-19-15-18(27-34-17-22(31)28-12-8-6-9-13-28)11-7-4-2-1-3-5-10-14-33-25(32)23(19)20(29)16-21(24)30/h1,3,7,11,15-16,27,29-30H,2,4-6,8-10,12-14,17H2/b3-1?,11-7+,18-15-. The van der Waals surface area contributed by atoms with Gasteiger partial charge in [-0.15, -0.1) is 0 Å². The molecule has 184 valence electrons. The van der Waals surface area contributed by atoms with E-state index in [0.717, 1.165) is 57.7 Å². The molecule has 3 N–H and O–H groups in total. The fourth-order valence-electron chi connectivity index (χ4n) is 3.76. The summed E-state index contributed by atoms with van der Waals surface area (Å²) in [6.45, 7) is 1.46. The minimum Gasteiger partial charge on any atom is -0.507 e. The highest BCUT2D eigenvalue weighted by Crippen LogP contribution is 2.38. The fourth-order valence-corrected chi connectivity index (χ4v) is 3.96. The lowest BCUT2D eigenvalue weighted by molar-refractivity contribution is -0.139. The van der Waals surface area contributed by atoms with Crippen LogP contribution in [-0.4, -0.2) is 53.3 Å². The summed E-state index contributed by atoms with van der Waals surface area (Å²) < 4.78 is 5.31. The van der Waals surface area contributed by atoms with Gasteiger partial charge in [-0.05, 0) is 57.1 Å². The number of phenols is 2. The number of ether oxygens (including phenoxy) is 1. The molecule has 8 nitrogen and oxygen atoms in total. The van der Waals surface area contributed by atoms with Crippen molar-refractivity contribution >= 4 is 29.6 Å². The zero-order valence-electron chi connectivity index (χ0n) is 19.1. The van der Waals surface area contributed by atoms with E-state index in [1.807, 2.05) is 12.2 Å². The first kappa shape index (κ1) is 25.6. The van der Waals surface area contributed by atoms with Crippen molar-refractivity contribution in [1.82, 2.24) is 10.4 Å². The molecule has 1 aromatic carbocycles. The van der Waals surface area contributed by atoms with Crippen LogP contribution in [0.2, 0.25) is 5.02 Å². The number of nitrogens with zero attached hydrogens (tertiary/aromatic N) is 1. The van der Waals surface area contributed by atoms with Gasteiger partial charge in [-0.3, -0.25) is 15.1 Å². The van der Waals surface area contributed by atoms with Crippen LogP contribution in [0.1, 0.15) is 60.9 Å². The van der Waals surface area contributed by atoms with Crippen molar-refractivity contribution in [1.29, 1.82) is 0 Å². The quantitative estimate of drug-likeness (QED) is 0.324. The molecule has 34 heavy (non-hydrogen) atoms. The van der Waals surface area contributed by atoms with Crippen molar-refractivity contribution in [3.05, 3.63) is 52.2 Å². The second kappa shape index (κ2) is 13.1. The van der Waals surface area contributed by atoms with Crippen molar-refractivity contribution in [2.24, 2.45) is 0 Å². The monoisotopic (exact) mass is 490 g/mol. The largest absolute Gasteiger partial charge is 0.507 e. The highest BCUT2D eigenvalue weighted by atomic mass is 35.5. The Morgan fingerprint density at radius 3 is 2.59 bits per heavy atom. The predicted molar refractivity (Wildman–Crippen MR) is 129 cm³/mol. The minimum absolute atomic E-state index is 0.0790. The van der Waals surface area contributed by atoms with Gasteiger partial charge in [-0.2, -0.15) is 0 Å². The van der Waals surface area contributed by atoms with Gasteiger partial charge in [0.05, 0.1) is 17.3 Å². The molecule has 0 aromatic heterocycles. The van der Waals surface area contributed by atoms with Crippen LogP contribution >= 0.6 is 11.6 Å². The third-order valence-corrected chi connectivity index (χ3v) is 5.97. The molecule has 0 aliphatic carbocycles. The summed E-state index contributed by atoms with van der Waals surface area (Å²) in [4.78, 5) is 32.4. The molecule has 0 unspecified atom stereocenters. The summed E-state index contributed by atoms with van der Waals surface area (Å²) in [7, 11) is 0. The molecule has 2 aliphatic heterocycles. The molecule has 1 fully saturated rings. The first-order valence-electron chi connectivity index (χ1n) is 11.6. The highest BCUT2D eigenvalue weighted by Gasteiger charge is 2.23. The number of phenolic OH excluding ortho intramolecular Hbond substituents is 2. The number of fused-ring (bicyclic) bond motifs is 1. The number of esters is 1. The number of aromatic hydroxyl groups is 2. The lowest BCUT2D eigenvalue weighted by atomic mass is 10.0. The third kappa shape index (κ3) is 7.27. The van der Waals surface area contributed by atoms with Crippen LogP contribution in [0.15, 0.2) is 36.1 Å². The Morgan fingerprint density at radius 1 is 1.06 bits per heavy atom. The Morgan fingerprint density at radius 2 is 1.79 bits per heavy atom. The molecule has 0 atom stereocenters. The van der Waals surface area contributed by atoms with E-state index < -0.39 is 11.7 Å². The van der Waals surface area contributed by atoms with E-state index in [-0.39, 0.29) is 41.0 Å². The number of benzene rings is 1. The summed E-state index contributed by atoms with van der Waals surface area (Å²) in [6, 6.07) is 1.00. The molecule has 9 heteroatoms. The lowest BCUT2D eigenvalue weighted by Gasteiger charge is -2.26. The molecule has 1 aromatic rings. The molecule has 2 aliphatic rings. The number of nitrogens with one attached hydrogen (secondary N) is 1. The Balaban J connectivity index is 1.86. The smallest absolute Gasteiger partial charge is 0.342 e. The predicted octanol–water partition coefficient (Wildman–Crippen LogP) is 4.47. The Hall–Kier alpha value is -2.97. The van der Waals surface area contributed by atoms with Gasteiger partial charge in [-0.25, -0.2) is 4.79 Å². The molecular weight excluding hydrogens is 460 g/mol. The number of carbonyl (C=O) groups is 2. The van der Waals surface area contributed by atoms with Gasteiger partial charge < -0.3 is 19.8 Å². The highest BCUT2D eigenvalue weighted by molar-refractivity contribution is 6.34. The van der Waals surface area contributed by atoms with Gasteiger partial charge in [0, 0.05) is 24.7 Å². The molecule has 1 saturated heterocycles. The van der Waals surface area contributed by atoms with E-state index in [0.29, 0.717) is 12.1 Å². The van der Waals surface area contributed by atoms with E-state index in [9.17, 15) is 19.8 Å². The summed E-state index contributed by atoms with van der Waals surface area (Å²) in [6.07, 6.45) is 15.3. The van der Waals surface area contributed by atoms with Crippen LogP contribution in [-0.2, 0) is 14.4 Å². The Bertz CT molecular complexity index is 967. The number of hydrogen-bond acceptors (Lipinski definition) is 7. The maximum Gasteiger partial charge on any atom is 0.342 e. The van der Waals surface area contributed by atoms with Gasteiger partial charge in [-0.1, -0.05) is 29.8 Å². The first-order valence-corrected chi connectivity index (χ1v) is 12.0. The summed E-state index contributed by atoms with van der Waals surface area (Å²) in [5.41, 5.74) is 3.04. The summed E-state index contributed by atoms with van der Waals surface area (Å²) in [5.74, 6) is -1.70. The number of halogens is 1. The number of amides is 1. The molecular formula is C25H31ClN2O6. The number of hydrogen-bond donors (Lipinski definition) is 3. The van der Waals surface area contributed by atoms with E-state index in [1.54, 1.807) is 11.0 Å². The van der Waals surface area contributed by atoms with Crippen molar-refractivity contribution < 1.29 is 29.4 Å². The lowest BCUT2D eigenvalue weighted by Crippen LogP contribution is -2.39. The Labute approximate surface area is 204 Å². The van der Waals surface area contributed by atoms with Crippen molar-refractivity contribution in [2.45, 2.75) is 44.9 Å². The average molecular weight is 491 g/mol. The molecule has 0 spiro atoms. The summed E-state index contributed by atoms with van der Waals surface area (Å²) in [5, 5.41) is 20.4. The molecule has 0 bridgehead atoms. The number of carbonyl (C=O) groups excluding carboxylic acids is 2. The van der Waals surface area contributed by atoms with E-state index >= 15 is 0 Å². The van der Waals surface area contributed by atoms with Crippen LogP contribution < -0.4 is 5.48 Å². The van der Waals surface area contributed by atoms with Crippen LogP contribution in [0, 0.1) is 0 Å². The van der Waals surface area contributed by atoms with E-state index in [1.165, 1.54) is 6.08 Å². The van der Waals surface area contributed by atoms with Gasteiger partial charge in [0.15, 0.2) is 6.61 Å². The van der Waals surface area contributed by atoms with Crippen LogP contribution in [0.4, 0.5) is 0 Å². The normalized spacial score (nSPS) is 20.2. The number of rotatable bonds is 4. The SMILES string of the molecule is O=C1OCCCC=CCC/C=C/C(NOCC(=O)N2CCCCC2)=C/c2c(Cl)c(O)cc(O)c21. The Kier molecular flexibility index (Phi) is 9.85. The first-order chi connectivity index (χ1) is 16.5. The average Bonchev–Trinajstić information content (AvgIpc) is 2.83. The topological polar surface area (TPSA) is 108 Å². The van der Waals surface area contributed by atoms with Gasteiger partial charge in [0.1, 0.15) is 17.1 Å². The zero-order chi connectivity index (χ0) is 24.3. The fraction of sp³-hybridized carbons (Fsp3) is 0.440. The molecule has 3 rings (SSSR count). The molecule has 0 saturated carbocycles. The number of allylic oxidation sites excluding steroid dienone is 4. The van der Waals surface area contributed by atoms with Gasteiger partial charge in [0.2, 0.25) is 0 Å². The second-order valence-corrected chi connectivity index (χ2v) is 8.56. The van der Waals surface area contributed by atoms with Crippen molar-refractivity contribution in [2.75, 3.05) is 26.3 Å². The van der Waals surface area contributed by atoms with E-state index in [4.69, 9.17) is 21.2 Å². The second-order valence-electron chi connectivity index (χ2n) is 8.18. The van der Waals surface area contributed by atoms with Gasteiger partial charge >= 0.3 is 5.97 Å². The molecule has 1 amide bonds. The maximum atomic E-state index is 12.7. The molecule has 0 radical (unpaired) electrons. The zero-order valence-corrected chi connectivity index (χ0v) is 19.9. The van der Waals surface area contributed by atoms with Crippen LogP contribution in [0.5, 0.6) is 11.5 Å². The van der Waals surface area contributed by atoms with Crippen LogP contribution in [0.25, 0.3) is 6.08 Å². The summed E-state index contributed by atoms with van der Waals surface area (Å²) >= 11 is 6.30. The van der Waals surface area contributed by atoms with Crippen LogP contribution in [0.3, 0.4) is 0 Å². The maximum absolute atomic E-state index is 12.7. The number of hydroxylamine groups is 1.